The summed E-state index contributed by atoms with van der Waals surface area (Å²) in [6.07, 6.45) is 6.59. The molecule has 10 nitrogen and oxygen atoms in total. The average molecular weight is 937 g/mol. The van der Waals surface area contributed by atoms with Crippen molar-refractivity contribution >= 4 is 101 Å². The summed E-state index contributed by atoms with van der Waals surface area (Å²) in [7, 11) is 1.80. The Kier molecular flexibility index (Phi) is 10.8. The van der Waals surface area contributed by atoms with Crippen LogP contribution < -0.4 is 20.1 Å². The Bertz CT molecular complexity index is 1650. The molecule has 6 aliphatic heterocycles. The van der Waals surface area contributed by atoms with Crippen molar-refractivity contribution in [1.29, 1.82) is 0 Å². The van der Waals surface area contributed by atoms with Gasteiger partial charge in [-0.2, -0.15) is 0 Å². The molecule has 2 amide bonds. The number of thiocarbonyl (C=S) groups is 1. The highest BCUT2D eigenvalue weighted by molar-refractivity contribution is 14.1. The summed E-state index contributed by atoms with van der Waals surface area (Å²) in [5.41, 5.74) is -1.10. The molecule has 4 unspecified atom stereocenters. The number of aliphatic imine (C=N–C) groups is 1. The standard InChI is InChI=1S/C17H19BrN2O3S.C15H15BrN2O3S.CH3I/c1-20-14(21)17(19-15(20)24-2)9-16(6-3-7-22-10-16)23-13-5-4-11(18)8-12(13)17;16-9-2-3-11-10(6-9)15(12(19)17-13(22)18-15)7-14(21-11)4-1-5-20-8-14;1-2/h4-5,8H,3,6-7,9-10H2,1-2H3;2-3,6H,1,4-5,7-8H2,(H2,17,18,19,22);1H3. The number of nitrogens with one attached hydrogen (secondary N) is 2. The summed E-state index contributed by atoms with van der Waals surface area (Å²) in [5.74, 6) is 1.35. The Balaban J connectivity index is 0.000000160. The number of rotatable bonds is 0. The number of halogens is 3. The largest absolute Gasteiger partial charge is 0.484 e. The van der Waals surface area contributed by atoms with E-state index in [9.17, 15) is 9.59 Å². The maximum absolute atomic E-state index is 13.2. The van der Waals surface area contributed by atoms with E-state index in [-0.39, 0.29) is 11.8 Å². The number of thioether (sulfide) groups is 1. The molecule has 4 spiro atoms. The van der Waals surface area contributed by atoms with Gasteiger partial charge in [0.05, 0.1) is 13.2 Å². The van der Waals surface area contributed by atoms with Crippen molar-refractivity contribution in [1.82, 2.24) is 15.5 Å². The Morgan fingerprint density at radius 2 is 1.48 bits per heavy atom. The number of alkyl halides is 1. The van der Waals surface area contributed by atoms with Crippen LogP contribution in [0.2, 0.25) is 0 Å². The van der Waals surface area contributed by atoms with Crippen molar-refractivity contribution in [2.75, 3.05) is 44.7 Å². The van der Waals surface area contributed by atoms with Crippen LogP contribution in [0.3, 0.4) is 0 Å². The van der Waals surface area contributed by atoms with Crippen molar-refractivity contribution in [3.05, 3.63) is 56.5 Å². The number of hydrogen-bond donors (Lipinski definition) is 2. The van der Waals surface area contributed by atoms with Gasteiger partial charge in [-0.15, -0.1) is 0 Å². The maximum Gasteiger partial charge on any atom is 0.261 e. The fourth-order valence-corrected chi connectivity index (χ4v) is 9.13. The quantitative estimate of drug-likeness (QED) is 0.182. The fourth-order valence-electron chi connectivity index (χ4n) is 7.54. The number of amidine groups is 1. The topological polar surface area (TPSA) is 111 Å². The van der Waals surface area contributed by atoms with E-state index in [1.54, 1.807) is 11.9 Å². The first kappa shape index (κ1) is 36.3. The van der Waals surface area contributed by atoms with Gasteiger partial charge >= 0.3 is 0 Å². The van der Waals surface area contributed by atoms with Crippen LogP contribution in [0.15, 0.2) is 50.3 Å². The average Bonchev–Trinajstić information content (AvgIpc) is 3.50. The second-order valence-electron chi connectivity index (χ2n) is 12.7. The van der Waals surface area contributed by atoms with E-state index in [0.29, 0.717) is 36.9 Å². The van der Waals surface area contributed by atoms with E-state index in [0.717, 1.165) is 69.9 Å². The van der Waals surface area contributed by atoms with Crippen molar-refractivity contribution in [2.24, 2.45) is 4.99 Å². The second-order valence-corrected chi connectivity index (χ2v) is 15.7. The maximum atomic E-state index is 13.2. The van der Waals surface area contributed by atoms with Crippen LogP contribution in [0.1, 0.15) is 49.7 Å². The van der Waals surface area contributed by atoms with E-state index in [1.165, 1.54) is 11.8 Å². The highest BCUT2D eigenvalue weighted by Gasteiger charge is 2.59. The molecule has 2 aromatic carbocycles. The van der Waals surface area contributed by atoms with E-state index < -0.39 is 22.3 Å². The molecular formula is C33H37Br2IN4O6S2. The minimum atomic E-state index is -0.912. The Morgan fingerprint density at radius 3 is 1.98 bits per heavy atom. The van der Waals surface area contributed by atoms with Crippen LogP contribution in [0.5, 0.6) is 11.5 Å². The van der Waals surface area contributed by atoms with Gasteiger partial charge in [-0.25, -0.2) is 4.99 Å². The predicted octanol–water partition coefficient (Wildman–Crippen LogP) is 6.20. The Labute approximate surface area is 320 Å². The first-order valence-corrected chi connectivity index (χ1v) is 21.0. The Hall–Kier alpha value is -1.50. The molecule has 0 aliphatic carbocycles. The van der Waals surface area contributed by atoms with Gasteiger partial charge in [0.1, 0.15) is 22.7 Å². The number of carbonyl (C=O) groups is 2. The number of amides is 2. The summed E-state index contributed by atoms with van der Waals surface area (Å²) >= 11 is 15.8. The molecule has 48 heavy (non-hydrogen) atoms. The molecule has 6 aliphatic rings. The van der Waals surface area contributed by atoms with Crippen molar-refractivity contribution in [2.45, 2.75) is 60.8 Å². The molecule has 15 heteroatoms. The van der Waals surface area contributed by atoms with E-state index in [1.807, 2.05) is 47.6 Å². The molecular weight excluding hydrogens is 899 g/mol. The lowest BCUT2D eigenvalue weighted by Crippen LogP contribution is -2.58. The Morgan fingerprint density at radius 1 is 0.917 bits per heavy atom. The number of nitrogens with zero attached hydrogens (tertiary/aromatic N) is 2. The van der Waals surface area contributed by atoms with Crippen LogP contribution in [-0.4, -0.2) is 82.9 Å². The molecule has 258 valence electrons. The minimum absolute atomic E-state index is 0.0134. The number of likely N-dealkylation sites (N-methyl/N-ethyl adjacent to an activating group) is 1. The van der Waals surface area contributed by atoms with Crippen molar-refractivity contribution in [3.8, 4) is 11.5 Å². The molecule has 0 saturated carbocycles. The number of benzene rings is 2. The summed E-state index contributed by atoms with van der Waals surface area (Å²) < 4.78 is 25.8. The van der Waals surface area contributed by atoms with Gasteiger partial charge in [0.25, 0.3) is 11.8 Å². The number of ether oxygens (including phenoxy) is 4. The molecule has 0 bridgehead atoms. The molecule has 3 fully saturated rings. The minimum Gasteiger partial charge on any atom is -0.484 e. The predicted molar refractivity (Wildman–Crippen MR) is 205 cm³/mol. The van der Waals surface area contributed by atoms with Gasteiger partial charge in [0.2, 0.25) is 0 Å². The van der Waals surface area contributed by atoms with E-state index >= 15 is 0 Å². The van der Waals surface area contributed by atoms with Crippen LogP contribution >= 0.6 is 78.4 Å². The number of fused-ring (bicyclic) bond motifs is 4. The molecule has 0 radical (unpaired) electrons. The van der Waals surface area contributed by atoms with Gasteiger partial charge in [-0.3, -0.25) is 14.5 Å². The summed E-state index contributed by atoms with van der Waals surface area (Å²) in [5, 5.41) is 7.03. The molecule has 4 atom stereocenters. The summed E-state index contributed by atoms with van der Waals surface area (Å²) in [6.45, 7) is 2.49. The first-order valence-electron chi connectivity index (χ1n) is 15.6. The van der Waals surface area contributed by atoms with Crippen molar-refractivity contribution in [3.63, 3.8) is 0 Å². The van der Waals surface area contributed by atoms with Crippen LogP contribution in [-0.2, 0) is 30.1 Å². The molecule has 8 rings (SSSR count). The summed E-state index contributed by atoms with van der Waals surface area (Å²) in [6, 6.07) is 11.6. The second kappa shape index (κ2) is 14.3. The summed E-state index contributed by atoms with van der Waals surface area (Å²) in [4.78, 5) is 34.5. The number of carbonyl (C=O) groups excluding carboxylic acids is 2. The van der Waals surface area contributed by atoms with Crippen molar-refractivity contribution < 1.29 is 28.5 Å². The molecule has 3 saturated heterocycles. The molecule has 2 aromatic rings. The lowest BCUT2D eigenvalue weighted by atomic mass is 9.74. The van der Waals surface area contributed by atoms with Gasteiger partial charge in [-0.05, 0) is 85.5 Å². The zero-order valence-corrected chi connectivity index (χ0v) is 33.8. The number of hydrogen-bond acceptors (Lipinski definition) is 9. The lowest BCUT2D eigenvalue weighted by Gasteiger charge is -2.47. The smallest absolute Gasteiger partial charge is 0.261 e. The van der Waals surface area contributed by atoms with Gasteiger partial charge < -0.3 is 29.6 Å². The third kappa shape index (κ3) is 6.42. The normalized spacial score (nSPS) is 31.4. The fraction of sp³-hybridized carbons (Fsp3) is 0.515. The van der Waals surface area contributed by atoms with E-state index in [4.69, 9.17) is 36.2 Å². The third-order valence-corrected chi connectivity index (χ3v) is 11.5. The molecule has 0 aromatic heterocycles. The lowest BCUT2D eigenvalue weighted by molar-refractivity contribution is -0.139. The zero-order chi connectivity index (χ0) is 34.3. The highest BCUT2D eigenvalue weighted by atomic mass is 127. The SMILES string of the molecule is CI.CSC1=NC2(CC3(CCCOC3)Oc3ccc(Br)cc32)C(=O)N1C.O=C1NC(=S)NC12CC1(CCCOC1)Oc1ccc(Br)cc12. The highest BCUT2D eigenvalue weighted by Crippen LogP contribution is 2.52. The van der Waals surface area contributed by atoms with E-state index in [2.05, 4.69) is 65.1 Å². The van der Waals surface area contributed by atoms with Crippen LogP contribution in [0.4, 0.5) is 0 Å². The van der Waals surface area contributed by atoms with Gasteiger partial charge in [-0.1, -0.05) is 66.2 Å². The first-order chi connectivity index (χ1) is 23.0. The third-order valence-electron chi connectivity index (χ3n) is 9.54. The van der Waals surface area contributed by atoms with Gasteiger partial charge in [0, 0.05) is 53.2 Å². The van der Waals surface area contributed by atoms with Gasteiger partial charge in [0.15, 0.2) is 21.4 Å². The van der Waals surface area contributed by atoms with Crippen LogP contribution in [0, 0.1) is 0 Å². The molecule has 2 N–H and O–H groups in total. The molecule has 6 heterocycles. The monoisotopic (exact) mass is 934 g/mol. The van der Waals surface area contributed by atoms with Crippen LogP contribution in [0.25, 0.3) is 0 Å². The zero-order valence-electron chi connectivity index (χ0n) is 26.8.